The van der Waals surface area contributed by atoms with E-state index >= 15 is 0 Å². The van der Waals surface area contributed by atoms with Crippen molar-refractivity contribution < 1.29 is 33.8 Å². The Hall–Kier alpha value is -2.56. The van der Waals surface area contributed by atoms with Crippen molar-refractivity contribution in [3.8, 4) is 0 Å². The van der Waals surface area contributed by atoms with Crippen molar-refractivity contribution in [1.29, 1.82) is 0 Å². The van der Waals surface area contributed by atoms with Crippen LogP contribution in [0.4, 0.5) is 0 Å². The third-order valence-corrected chi connectivity index (χ3v) is 16.7. The number of hydrogen-bond donors (Lipinski definition) is 2. The van der Waals surface area contributed by atoms with Gasteiger partial charge in [0.2, 0.25) is 0 Å². The summed E-state index contributed by atoms with van der Waals surface area (Å²) >= 11 is 0. The van der Waals surface area contributed by atoms with Gasteiger partial charge < -0.3 is 24.3 Å². The number of aromatic nitrogens is 1. The summed E-state index contributed by atoms with van der Waals surface area (Å²) in [6, 6.07) is 0. The van der Waals surface area contributed by atoms with Crippen molar-refractivity contribution in [3.05, 3.63) is 29.5 Å². The zero-order valence-corrected chi connectivity index (χ0v) is 35.8. The maximum Gasteiger partial charge on any atom is 0.309 e. The molecule has 0 saturated heterocycles. The molecule has 10 nitrogen and oxygen atoms in total. The third-order valence-electron chi connectivity index (χ3n) is 16.7. The fourth-order valence-corrected chi connectivity index (χ4v) is 13.4. The molecule has 0 bridgehead atoms. The van der Waals surface area contributed by atoms with E-state index in [0.717, 1.165) is 75.8 Å². The van der Waals surface area contributed by atoms with E-state index in [4.69, 9.17) is 9.15 Å². The van der Waals surface area contributed by atoms with Gasteiger partial charge in [-0.3, -0.25) is 19.3 Å². The summed E-state index contributed by atoms with van der Waals surface area (Å²) in [5, 5.41) is 22.2. The van der Waals surface area contributed by atoms with Gasteiger partial charge in [-0.2, -0.15) is 0 Å². The Balaban J connectivity index is 1.28. The second-order valence-corrected chi connectivity index (χ2v) is 21.1. The zero-order valence-electron chi connectivity index (χ0n) is 35.8. The lowest BCUT2D eigenvalue weighted by atomic mass is 9.33. The van der Waals surface area contributed by atoms with Crippen LogP contribution in [-0.4, -0.2) is 88.7 Å². The highest BCUT2D eigenvalue weighted by atomic mass is 16.5. The molecule has 1 heterocycles. The fraction of sp³-hybridized carbons (Fsp3) is 0.822. The van der Waals surface area contributed by atoms with Gasteiger partial charge in [0.25, 0.3) is 0 Å². The number of carboxylic acid groups (broad SMARTS) is 1. The van der Waals surface area contributed by atoms with Crippen molar-refractivity contribution in [2.24, 2.45) is 56.2 Å². The van der Waals surface area contributed by atoms with Crippen LogP contribution in [0.25, 0.3) is 0 Å². The number of likely N-dealkylation sites (N-methyl/N-ethyl adjacent to an activating group) is 1. The Kier molecular flexibility index (Phi) is 11.2. The molecule has 1 aromatic heterocycles. The van der Waals surface area contributed by atoms with Crippen LogP contribution in [0.15, 0.2) is 28.2 Å². The number of oxazole rings is 1. The summed E-state index contributed by atoms with van der Waals surface area (Å²) in [5.41, 5.74) is 0.335. The molecule has 0 spiro atoms. The van der Waals surface area contributed by atoms with Crippen LogP contribution in [-0.2, 0) is 25.7 Å². The van der Waals surface area contributed by atoms with Crippen molar-refractivity contribution in [3.63, 3.8) is 0 Å². The fourth-order valence-electron chi connectivity index (χ4n) is 13.4. The Morgan fingerprint density at radius 1 is 0.982 bits per heavy atom. The number of fused-ring (bicyclic) bond motifs is 7. The van der Waals surface area contributed by atoms with E-state index in [2.05, 4.69) is 77.3 Å². The number of rotatable bonds is 13. The Morgan fingerprint density at radius 2 is 1.69 bits per heavy atom. The Bertz CT molecular complexity index is 1650. The minimum Gasteiger partial charge on any atom is -0.481 e. The van der Waals surface area contributed by atoms with E-state index < -0.39 is 28.9 Å². The van der Waals surface area contributed by atoms with Crippen LogP contribution in [0.1, 0.15) is 132 Å². The van der Waals surface area contributed by atoms with E-state index in [-0.39, 0.29) is 51.8 Å². The molecule has 0 amide bonds. The number of ether oxygens (including phenoxy) is 1. The van der Waals surface area contributed by atoms with Gasteiger partial charge in [0.1, 0.15) is 11.9 Å². The topological polar surface area (TPSA) is 133 Å². The molecule has 308 valence electrons. The lowest BCUT2D eigenvalue weighted by Gasteiger charge is -2.72. The minimum absolute atomic E-state index is 0.0342. The van der Waals surface area contributed by atoms with Gasteiger partial charge >= 0.3 is 11.9 Å². The minimum atomic E-state index is -1.17. The number of aliphatic hydroxyl groups excluding tert-OH is 1. The van der Waals surface area contributed by atoms with Crippen LogP contribution in [0.2, 0.25) is 0 Å². The smallest absolute Gasteiger partial charge is 0.309 e. The predicted octanol–water partition coefficient (Wildman–Crippen LogP) is 7.79. The third kappa shape index (κ3) is 6.96. The highest BCUT2D eigenvalue weighted by molar-refractivity contribution is 6.00. The lowest BCUT2D eigenvalue weighted by molar-refractivity contribution is -0.235. The quantitative estimate of drug-likeness (QED) is 0.192. The van der Waals surface area contributed by atoms with Crippen LogP contribution in [0.3, 0.4) is 0 Å². The molecule has 0 aliphatic heterocycles. The number of nitrogens with zero attached hydrogens (tertiary/aromatic N) is 3. The number of ketones is 1. The van der Waals surface area contributed by atoms with Gasteiger partial charge in [-0.15, -0.1) is 0 Å². The summed E-state index contributed by atoms with van der Waals surface area (Å²) in [5.74, 6) is 0.745. The molecule has 1 aromatic rings. The first-order chi connectivity index (χ1) is 25.5. The second-order valence-electron chi connectivity index (χ2n) is 21.1. The highest BCUT2D eigenvalue weighted by Crippen LogP contribution is 2.77. The monoisotopic (exact) mass is 766 g/mol. The average Bonchev–Trinajstić information content (AvgIpc) is 3.70. The molecule has 9 atom stereocenters. The molecular weight excluding hydrogens is 695 g/mol. The number of hydrogen-bond acceptors (Lipinski definition) is 9. The van der Waals surface area contributed by atoms with Gasteiger partial charge in [0.05, 0.1) is 30.7 Å². The van der Waals surface area contributed by atoms with Gasteiger partial charge in [-0.05, 0) is 125 Å². The summed E-state index contributed by atoms with van der Waals surface area (Å²) in [4.78, 5) is 47.7. The van der Waals surface area contributed by atoms with Crippen molar-refractivity contribution in [2.45, 2.75) is 145 Å². The van der Waals surface area contributed by atoms with E-state index in [1.807, 2.05) is 0 Å². The maximum atomic E-state index is 14.2. The zero-order chi connectivity index (χ0) is 40.5. The first kappa shape index (κ1) is 42.1. The molecule has 0 radical (unpaired) electrons. The number of aliphatic carboxylic acids is 1. The number of aliphatic hydroxyl groups is 1. The lowest BCUT2D eigenvalue weighted by Crippen LogP contribution is -2.66. The highest BCUT2D eigenvalue weighted by Gasteiger charge is 2.71. The van der Waals surface area contributed by atoms with Gasteiger partial charge in [-0.25, -0.2) is 4.98 Å². The number of allylic oxidation sites excluding steroid dienone is 1. The van der Waals surface area contributed by atoms with E-state index in [0.29, 0.717) is 31.3 Å². The van der Waals surface area contributed by atoms with Crippen molar-refractivity contribution >= 4 is 17.7 Å². The van der Waals surface area contributed by atoms with Gasteiger partial charge in [0.15, 0.2) is 12.2 Å². The maximum absolute atomic E-state index is 14.2. The van der Waals surface area contributed by atoms with E-state index in [9.17, 15) is 24.6 Å². The molecule has 55 heavy (non-hydrogen) atoms. The molecule has 6 rings (SSSR count). The summed E-state index contributed by atoms with van der Waals surface area (Å²) in [6.45, 7) is 22.3. The molecule has 2 N–H and O–H groups in total. The number of carbonyl (C=O) groups excluding carboxylic acids is 2. The molecule has 9 unspecified atom stereocenters. The number of carbonyl (C=O) groups is 3. The van der Waals surface area contributed by atoms with Crippen LogP contribution >= 0.6 is 0 Å². The number of Topliss-reactive ketones (excluding diaryl/α,β-unsaturated/α-hetero) is 1. The van der Waals surface area contributed by atoms with Gasteiger partial charge in [-0.1, -0.05) is 54.0 Å². The molecule has 4 fully saturated rings. The first-order valence-corrected chi connectivity index (χ1v) is 21.2. The van der Waals surface area contributed by atoms with E-state index in [1.54, 1.807) is 20.0 Å². The predicted molar refractivity (Wildman–Crippen MR) is 212 cm³/mol. The molecule has 5 aliphatic rings. The summed E-state index contributed by atoms with van der Waals surface area (Å²) < 4.78 is 11.8. The molecule has 0 aromatic carbocycles. The number of carboxylic acids is 1. The largest absolute Gasteiger partial charge is 0.481 e. The Labute approximate surface area is 330 Å². The van der Waals surface area contributed by atoms with Crippen LogP contribution < -0.4 is 0 Å². The van der Waals surface area contributed by atoms with Crippen LogP contribution in [0.5, 0.6) is 0 Å². The molecule has 4 saturated carbocycles. The Morgan fingerprint density at radius 3 is 2.31 bits per heavy atom. The van der Waals surface area contributed by atoms with E-state index in [1.165, 1.54) is 12.0 Å². The van der Waals surface area contributed by atoms with Gasteiger partial charge in [0, 0.05) is 36.9 Å². The van der Waals surface area contributed by atoms with Crippen molar-refractivity contribution in [2.75, 3.05) is 33.7 Å². The first-order valence-electron chi connectivity index (χ1n) is 21.2. The molecule has 5 aliphatic carbocycles. The standard InChI is InChI=1S/C45H71N3O7/c1-28(2)37-31(49)22-45(34(50)26-48(21-20-47(10)11)25-29-24-46-27-54-29)19-18-43(8)30(38(37)45)12-13-33-42(7)16-15-35(55-36(51)23-40(3,4)39(52)53)41(5,6)32(42)14-17-44(33,43)9/h24,27-28,30,32-35,50H,12-23,25-26H2,1-11H3,(H,52,53). The molecular formula is C45H71N3O7. The summed E-state index contributed by atoms with van der Waals surface area (Å²) in [6.07, 6.45) is 10.3. The average molecular weight is 766 g/mol. The normalized spacial score (nSPS) is 36.4. The van der Waals surface area contributed by atoms with Crippen molar-refractivity contribution in [1.82, 2.24) is 14.8 Å². The SMILES string of the molecule is CC(C)C1=C2C3CCC4C5(C)CCC(OC(=O)CC(C)(C)C(=O)O)C(C)(C)C5CCC4(C)C3(C)CCC2(C(O)CN(CCN(C)C)Cc2cnco2)CC1=O. The molecule has 10 heteroatoms. The summed E-state index contributed by atoms with van der Waals surface area (Å²) in [7, 11) is 4.12. The second kappa shape index (κ2) is 14.7. The number of esters is 1. The van der Waals surface area contributed by atoms with Crippen LogP contribution in [0, 0.1) is 56.2 Å².